The van der Waals surface area contributed by atoms with Crippen molar-refractivity contribution in [3.8, 4) is 11.5 Å². The molecular weight excluding hydrogens is 394 g/mol. The molecule has 0 aliphatic heterocycles. The first-order valence-electron chi connectivity index (χ1n) is 12.8. The smallest absolute Gasteiger partial charge is 0.204 e. The zero-order valence-electron chi connectivity index (χ0n) is 19.4. The van der Waals surface area contributed by atoms with Crippen molar-refractivity contribution in [3.05, 3.63) is 23.8 Å². The number of hydrogen-bond donors (Lipinski definition) is 0. The molecule has 0 amide bonds. The first-order chi connectivity index (χ1) is 15.1. The van der Waals surface area contributed by atoms with Crippen LogP contribution in [0.2, 0.25) is 0 Å². The fourth-order valence-corrected chi connectivity index (χ4v) is 6.77. The van der Waals surface area contributed by atoms with Crippen LogP contribution in [0.5, 0.6) is 11.5 Å². The molecule has 1 aromatic rings. The Kier molecular flexibility index (Phi) is 7.77. The normalized spacial score (nSPS) is 33.5. The van der Waals surface area contributed by atoms with E-state index in [1.807, 2.05) is 0 Å². The van der Waals surface area contributed by atoms with Crippen molar-refractivity contribution >= 4 is 0 Å². The number of fused-ring (bicyclic) bond motifs is 1. The SMILES string of the molecule is CCOc1ccc(OCC2CCC3CC(C4CCC(CC)CC4)CCC3C2)c(F)c1F. The summed E-state index contributed by atoms with van der Waals surface area (Å²) in [4.78, 5) is 0. The molecule has 3 saturated carbocycles. The van der Waals surface area contributed by atoms with E-state index in [-0.39, 0.29) is 11.5 Å². The quantitative estimate of drug-likeness (QED) is 0.436. The highest BCUT2D eigenvalue weighted by Crippen LogP contribution is 2.49. The fourth-order valence-electron chi connectivity index (χ4n) is 6.77. The molecular formula is C27H40F2O2. The van der Waals surface area contributed by atoms with Crippen LogP contribution < -0.4 is 9.47 Å². The van der Waals surface area contributed by atoms with Gasteiger partial charge >= 0.3 is 0 Å². The molecule has 0 spiro atoms. The minimum atomic E-state index is -0.950. The molecule has 2 nitrogen and oxygen atoms in total. The molecule has 4 heteroatoms. The van der Waals surface area contributed by atoms with Gasteiger partial charge in [-0.1, -0.05) is 26.2 Å². The Morgan fingerprint density at radius 1 is 0.677 bits per heavy atom. The summed E-state index contributed by atoms with van der Waals surface area (Å²) in [5, 5.41) is 0. The van der Waals surface area contributed by atoms with E-state index in [2.05, 4.69) is 6.92 Å². The molecule has 1 aromatic carbocycles. The van der Waals surface area contributed by atoms with Gasteiger partial charge in [-0.05, 0) is 106 Å². The largest absolute Gasteiger partial charge is 0.491 e. The molecule has 3 aliphatic carbocycles. The van der Waals surface area contributed by atoms with Crippen LogP contribution in [0, 0.1) is 47.1 Å². The van der Waals surface area contributed by atoms with Gasteiger partial charge in [0.25, 0.3) is 0 Å². The van der Waals surface area contributed by atoms with Crippen LogP contribution >= 0.6 is 0 Å². The highest BCUT2D eigenvalue weighted by molar-refractivity contribution is 5.35. The summed E-state index contributed by atoms with van der Waals surface area (Å²) in [5.74, 6) is 3.11. The maximum absolute atomic E-state index is 14.3. The van der Waals surface area contributed by atoms with Crippen molar-refractivity contribution in [3.63, 3.8) is 0 Å². The predicted molar refractivity (Wildman–Crippen MR) is 120 cm³/mol. The van der Waals surface area contributed by atoms with Crippen LogP contribution in [0.25, 0.3) is 0 Å². The van der Waals surface area contributed by atoms with Crippen LogP contribution in [0.15, 0.2) is 12.1 Å². The Balaban J connectivity index is 1.25. The maximum atomic E-state index is 14.3. The minimum absolute atomic E-state index is 0.00877. The van der Waals surface area contributed by atoms with Crippen molar-refractivity contribution < 1.29 is 18.3 Å². The molecule has 31 heavy (non-hydrogen) atoms. The zero-order chi connectivity index (χ0) is 21.8. The Morgan fingerprint density at radius 3 is 1.84 bits per heavy atom. The summed E-state index contributed by atoms with van der Waals surface area (Å²) in [6.45, 7) is 4.89. The van der Waals surface area contributed by atoms with Gasteiger partial charge in [-0.2, -0.15) is 8.78 Å². The van der Waals surface area contributed by atoms with Gasteiger partial charge in [0.1, 0.15) is 0 Å². The minimum Gasteiger partial charge on any atom is -0.491 e. The lowest BCUT2D eigenvalue weighted by atomic mass is 9.61. The van der Waals surface area contributed by atoms with E-state index in [1.54, 1.807) is 6.92 Å². The average molecular weight is 435 g/mol. The number of benzene rings is 1. The van der Waals surface area contributed by atoms with Crippen LogP contribution in [0.3, 0.4) is 0 Å². The lowest BCUT2D eigenvalue weighted by Gasteiger charge is -2.45. The summed E-state index contributed by atoms with van der Waals surface area (Å²) in [6.07, 6.45) is 15.0. The van der Waals surface area contributed by atoms with Crippen molar-refractivity contribution in [2.45, 2.75) is 84.5 Å². The number of rotatable bonds is 7. The van der Waals surface area contributed by atoms with Gasteiger partial charge in [-0.3, -0.25) is 0 Å². The summed E-state index contributed by atoms with van der Waals surface area (Å²) < 4.78 is 39.2. The van der Waals surface area contributed by atoms with Crippen LogP contribution in [-0.4, -0.2) is 13.2 Å². The van der Waals surface area contributed by atoms with Crippen LogP contribution in [0.4, 0.5) is 8.78 Å². The lowest BCUT2D eigenvalue weighted by Crippen LogP contribution is -2.35. The highest BCUT2D eigenvalue weighted by atomic mass is 19.2. The van der Waals surface area contributed by atoms with Gasteiger partial charge in [-0.15, -0.1) is 0 Å². The van der Waals surface area contributed by atoms with Crippen LogP contribution in [-0.2, 0) is 0 Å². The number of hydrogen-bond acceptors (Lipinski definition) is 2. The molecule has 0 saturated heterocycles. The topological polar surface area (TPSA) is 18.5 Å². The average Bonchev–Trinajstić information content (AvgIpc) is 2.81. The molecule has 4 unspecified atom stereocenters. The van der Waals surface area contributed by atoms with E-state index in [0.29, 0.717) is 19.1 Å². The van der Waals surface area contributed by atoms with Gasteiger partial charge in [0.15, 0.2) is 11.5 Å². The van der Waals surface area contributed by atoms with E-state index in [9.17, 15) is 8.78 Å². The van der Waals surface area contributed by atoms with Crippen molar-refractivity contribution in [2.75, 3.05) is 13.2 Å². The predicted octanol–water partition coefficient (Wildman–Crippen LogP) is 7.79. The third kappa shape index (κ3) is 5.37. The maximum Gasteiger partial charge on any atom is 0.204 e. The fraction of sp³-hybridized carbons (Fsp3) is 0.778. The third-order valence-corrected chi connectivity index (χ3v) is 8.68. The van der Waals surface area contributed by atoms with Crippen molar-refractivity contribution in [1.29, 1.82) is 0 Å². The Hall–Kier alpha value is -1.32. The van der Waals surface area contributed by atoms with E-state index in [1.165, 1.54) is 76.3 Å². The van der Waals surface area contributed by atoms with Crippen LogP contribution in [0.1, 0.15) is 84.5 Å². The zero-order valence-corrected chi connectivity index (χ0v) is 19.4. The van der Waals surface area contributed by atoms with E-state index in [4.69, 9.17) is 9.47 Å². The van der Waals surface area contributed by atoms with Gasteiger partial charge in [0.2, 0.25) is 11.6 Å². The molecule has 0 N–H and O–H groups in total. The van der Waals surface area contributed by atoms with Crippen molar-refractivity contribution in [2.24, 2.45) is 35.5 Å². The molecule has 0 bridgehead atoms. The van der Waals surface area contributed by atoms with Gasteiger partial charge < -0.3 is 9.47 Å². The van der Waals surface area contributed by atoms with Gasteiger partial charge in [0, 0.05) is 0 Å². The second-order valence-corrected chi connectivity index (χ2v) is 10.4. The highest BCUT2D eigenvalue weighted by Gasteiger charge is 2.38. The second kappa shape index (κ2) is 10.5. The first-order valence-corrected chi connectivity index (χ1v) is 12.8. The molecule has 174 valence electrons. The van der Waals surface area contributed by atoms with Gasteiger partial charge in [-0.25, -0.2) is 0 Å². The number of ether oxygens (including phenoxy) is 2. The Labute approximate surface area is 187 Å². The molecule has 4 atom stereocenters. The van der Waals surface area contributed by atoms with E-state index < -0.39 is 11.6 Å². The van der Waals surface area contributed by atoms with Crippen molar-refractivity contribution in [1.82, 2.24) is 0 Å². The van der Waals surface area contributed by atoms with Gasteiger partial charge in [0.05, 0.1) is 13.2 Å². The number of halogens is 2. The summed E-state index contributed by atoms with van der Waals surface area (Å²) in [5.41, 5.74) is 0. The first kappa shape index (κ1) is 22.9. The molecule has 0 heterocycles. The molecule has 0 aromatic heterocycles. The van der Waals surface area contributed by atoms with E-state index in [0.717, 1.165) is 36.0 Å². The summed E-state index contributed by atoms with van der Waals surface area (Å²) in [7, 11) is 0. The second-order valence-electron chi connectivity index (χ2n) is 10.4. The molecule has 0 radical (unpaired) electrons. The summed E-state index contributed by atoms with van der Waals surface area (Å²) >= 11 is 0. The molecule has 3 fully saturated rings. The van der Waals surface area contributed by atoms with E-state index >= 15 is 0 Å². The third-order valence-electron chi connectivity index (χ3n) is 8.68. The monoisotopic (exact) mass is 434 g/mol. The Morgan fingerprint density at radius 2 is 1.19 bits per heavy atom. The lowest BCUT2D eigenvalue weighted by molar-refractivity contribution is 0.0480. The Bertz CT molecular complexity index is 713. The standard InChI is InChI=1S/C27H40F2O2/c1-3-18-5-8-20(9-6-18)22-12-11-21-15-19(7-10-23(21)16-22)17-31-25-14-13-24(30-4-2)26(28)27(25)29/h13-14,18-23H,3-12,15-17H2,1-2H3. The molecule has 3 aliphatic rings. The summed E-state index contributed by atoms with van der Waals surface area (Å²) in [6, 6.07) is 2.96. The molecule has 4 rings (SSSR count).